The molecule has 1 aliphatic rings. The van der Waals surface area contributed by atoms with E-state index in [1.54, 1.807) is 6.33 Å². The lowest BCUT2D eigenvalue weighted by molar-refractivity contribution is -0.125. The SMILES string of the molecule is C[C@H](Cc1c[nH]c2ccccc12)NC(=O)[C@H]1CCCN(c2ncnc3nc[nH]c23)C1. The van der Waals surface area contributed by atoms with Gasteiger partial charge >= 0.3 is 0 Å². The number of aromatic nitrogens is 5. The van der Waals surface area contributed by atoms with Gasteiger partial charge in [0.15, 0.2) is 11.5 Å². The van der Waals surface area contributed by atoms with E-state index in [-0.39, 0.29) is 17.9 Å². The highest BCUT2D eigenvalue weighted by Crippen LogP contribution is 2.26. The first-order chi connectivity index (χ1) is 14.7. The number of H-pyrrole nitrogens is 2. The van der Waals surface area contributed by atoms with Crippen LogP contribution in [0.2, 0.25) is 0 Å². The fourth-order valence-electron chi connectivity index (χ4n) is 4.42. The summed E-state index contributed by atoms with van der Waals surface area (Å²) >= 11 is 0. The van der Waals surface area contributed by atoms with Crippen LogP contribution in [0.25, 0.3) is 22.1 Å². The third kappa shape index (κ3) is 3.49. The van der Waals surface area contributed by atoms with E-state index in [2.05, 4.69) is 54.2 Å². The molecule has 8 heteroatoms. The minimum absolute atomic E-state index is 0.0582. The molecule has 1 saturated heterocycles. The molecule has 0 radical (unpaired) electrons. The van der Waals surface area contributed by atoms with Crippen LogP contribution in [0.4, 0.5) is 5.82 Å². The molecule has 4 aromatic rings. The summed E-state index contributed by atoms with van der Waals surface area (Å²) in [4.78, 5) is 34.4. The topological polar surface area (TPSA) is 103 Å². The summed E-state index contributed by atoms with van der Waals surface area (Å²) in [5.41, 5.74) is 3.83. The second kappa shape index (κ2) is 7.78. The first-order valence-electron chi connectivity index (χ1n) is 10.4. The number of hydrogen-bond acceptors (Lipinski definition) is 5. The normalized spacial score (nSPS) is 18.0. The van der Waals surface area contributed by atoms with Crippen molar-refractivity contribution in [2.45, 2.75) is 32.2 Å². The van der Waals surface area contributed by atoms with Crippen molar-refractivity contribution >= 4 is 33.8 Å². The Morgan fingerprint density at radius 1 is 1.27 bits per heavy atom. The third-order valence-corrected chi connectivity index (χ3v) is 5.88. The van der Waals surface area contributed by atoms with Gasteiger partial charge in [-0.15, -0.1) is 0 Å². The minimum Gasteiger partial charge on any atom is -0.361 e. The number of anilines is 1. The van der Waals surface area contributed by atoms with Crippen LogP contribution in [0.5, 0.6) is 0 Å². The van der Waals surface area contributed by atoms with Gasteiger partial charge in [0, 0.05) is 36.2 Å². The molecule has 3 aromatic heterocycles. The predicted molar refractivity (Wildman–Crippen MR) is 116 cm³/mol. The van der Waals surface area contributed by atoms with E-state index in [1.165, 1.54) is 17.3 Å². The molecule has 3 N–H and O–H groups in total. The van der Waals surface area contributed by atoms with Crippen LogP contribution in [0.1, 0.15) is 25.3 Å². The van der Waals surface area contributed by atoms with Gasteiger partial charge in [-0.1, -0.05) is 18.2 Å². The Bertz CT molecular complexity index is 1180. The highest BCUT2D eigenvalue weighted by molar-refractivity contribution is 5.85. The van der Waals surface area contributed by atoms with E-state index in [0.29, 0.717) is 12.2 Å². The molecular weight excluding hydrogens is 378 g/mol. The summed E-state index contributed by atoms with van der Waals surface area (Å²) in [6, 6.07) is 8.32. The molecule has 154 valence electrons. The van der Waals surface area contributed by atoms with E-state index in [9.17, 15) is 4.79 Å². The van der Waals surface area contributed by atoms with E-state index in [4.69, 9.17) is 0 Å². The van der Waals surface area contributed by atoms with Crippen molar-refractivity contribution in [3.05, 3.63) is 48.7 Å². The maximum atomic E-state index is 13.0. The first kappa shape index (κ1) is 18.6. The zero-order chi connectivity index (χ0) is 20.5. The van der Waals surface area contributed by atoms with Gasteiger partial charge in [-0.3, -0.25) is 4.79 Å². The summed E-state index contributed by atoms with van der Waals surface area (Å²) in [6.07, 6.45) is 7.84. The lowest BCUT2D eigenvalue weighted by Crippen LogP contribution is -2.46. The van der Waals surface area contributed by atoms with Crippen molar-refractivity contribution in [3.8, 4) is 0 Å². The van der Waals surface area contributed by atoms with Gasteiger partial charge in [-0.05, 0) is 37.8 Å². The number of benzene rings is 1. The summed E-state index contributed by atoms with van der Waals surface area (Å²) in [5, 5.41) is 4.44. The molecule has 1 aromatic carbocycles. The van der Waals surface area contributed by atoms with Crippen molar-refractivity contribution in [3.63, 3.8) is 0 Å². The first-order valence-corrected chi connectivity index (χ1v) is 10.4. The van der Waals surface area contributed by atoms with Crippen LogP contribution in [0.3, 0.4) is 0 Å². The third-order valence-electron chi connectivity index (χ3n) is 5.88. The fourth-order valence-corrected chi connectivity index (χ4v) is 4.42. The van der Waals surface area contributed by atoms with E-state index in [0.717, 1.165) is 42.7 Å². The molecule has 1 aliphatic heterocycles. The molecule has 5 rings (SSSR count). The number of carbonyl (C=O) groups excluding carboxylic acids is 1. The molecule has 8 nitrogen and oxygen atoms in total. The molecular formula is C22H25N7O. The van der Waals surface area contributed by atoms with Gasteiger partial charge in [-0.25, -0.2) is 15.0 Å². The molecule has 30 heavy (non-hydrogen) atoms. The average molecular weight is 403 g/mol. The van der Waals surface area contributed by atoms with E-state index in [1.807, 2.05) is 18.3 Å². The number of carbonyl (C=O) groups is 1. The Hall–Kier alpha value is -3.42. The number of nitrogens with one attached hydrogen (secondary N) is 3. The number of amides is 1. The zero-order valence-electron chi connectivity index (χ0n) is 16.9. The van der Waals surface area contributed by atoms with Gasteiger partial charge in [-0.2, -0.15) is 0 Å². The van der Waals surface area contributed by atoms with Gasteiger partial charge in [0.1, 0.15) is 11.8 Å². The summed E-state index contributed by atoms with van der Waals surface area (Å²) in [5.74, 6) is 0.876. The smallest absolute Gasteiger partial charge is 0.225 e. The molecule has 1 fully saturated rings. The van der Waals surface area contributed by atoms with Crippen LogP contribution >= 0.6 is 0 Å². The molecule has 0 unspecified atom stereocenters. The summed E-state index contributed by atoms with van der Waals surface area (Å²) < 4.78 is 0. The Kier molecular flexibility index (Phi) is 4.82. The number of aromatic amines is 2. The summed E-state index contributed by atoms with van der Waals surface area (Å²) in [7, 11) is 0. The number of nitrogens with zero attached hydrogens (tertiary/aromatic N) is 4. The van der Waals surface area contributed by atoms with Crippen LogP contribution in [0.15, 0.2) is 43.1 Å². The number of imidazole rings is 1. The average Bonchev–Trinajstić information content (AvgIpc) is 3.41. The van der Waals surface area contributed by atoms with Crippen LogP contribution in [-0.4, -0.2) is 50.0 Å². The van der Waals surface area contributed by atoms with Gasteiger partial charge in [0.2, 0.25) is 5.91 Å². The largest absolute Gasteiger partial charge is 0.361 e. The van der Waals surface area contributed by atoms with Gasteiger partial charge < -0.3 is 20.2 Å². The molecule has 2 atom stereocenters. The second-order valence-corrected chi connectivity index (χ2v) is 8.06. The van der Waals surface area contributed by atoms with Crippen molar-refractivity contribution in [1.29, 1.82) is 0 Å². The Morgan fingerprint density at radius 2 is 2.17 bits per heavy atom. The maximum absolute atomic E-state index is 13.0. The molecule has 0 saturated carbocycles. The minimum atomic E-state index is -0.0582. The Balaban J connectivity index is 1.25. The molecule has 1 amide bonds. The number of piperidine rings is 1. The number of fused-ring (bicyclic) bond motifs is 2. The van der Waals surface area contributed by atoms with Crippen LogP contribution < -0.4 is 10.2 Å². The standard InChI is InChI=1S/C22H25N7O/c1-14(9-16-10-23-18-7-3-2-6-17(16)18)28-22(30)15-5-4-8-29(11-15)21-19-20(25-12-24-19)26-13-27-21/h2-3,6-7,10,12-15,23H,4-5,8-9,11H2,1H3,(H,28,30)(H,24,25,26,27)/t14-,15+/m1/s1. The molecule has 4 heterocycles. The molecule has 0 aliphatic carbocycles. The number of rotatable bonds is 5. The van der Waals surface area contributed by atoms with Crippen molar-refractivity contribution in [2.75, 3.05) is 18.0 Å². The van der Waals surface area contributed by atoms with Crippen molar-refractivity contribution < 1.29 is 4.79 Å². The maximum Gasteiger partial charge on any atom is 0.225 e. The number of hydrogen-bond donors (Lipinski definition) is 3. The number of para-hydroxylation sites is 1. The Labute approximate surface area is 174 Å². The lowest BCUT2D eigenvalue weighted by Gasteiger charge is -2.33. The van der Waals surface area contributed by atoms with E-state index >= 15 is 0 Å². The highest BCUT2D eigenvalue weighted by Gasteiger charge is 2.28. The van der Waals surface area contributed by atoms with Crippen LogP contribution in [0, 0.1) is 5.92 Å². The summed E-state index contributed by atoms with van der Waals surface area (Å²) in [6.45, 7) is 3.59. The molecule has 0 spiro atoms. The Morgan fingerprint density at radius 3 is 3.10 bits per heavy atom. The van der Waals surface area contributed by atoms with E-state index < -0.39 is 0 Å². The van der Waals surface area contributed by atoms with Crippen molar-refractivity contribution in [1.82, 2.24) is 30.2 Å². The predicted octanol–water partition coefficient (Wildman–Crippen LogP) is 2.80. The second-order valence-electron chi connectivity index (χ2n) is 8.06. The molecule has 0 bridgehead atoms. The van der Waals surface area contributed by atoms with Gasteiger partial charge in [0.05, 0.1) is 12.2 Å². The van der Waals surface area contributed by atoms with Crippen LogP contribution in [-0.2, 0) is 11.2 Å². The lowest BCUT2D eigenvalue weighted by atomic mass is 9.96. The van der Waals surface area contributed by atoms with Crippen molar-refractivity contribution in [2.24, 2.45) is 5.92 Å². The monoisotopic (exact) mass is 403 g/mol. The highest BCUT2D eigenvalue weighted by atomic mass is 16.2. The van der Waals surface area contributed by atoms with Gasteiger partial charge in [0.25, 0.3) is 0 Å². The zero-order valence-corrected chi connectivity index (χ0v) is 16.9. The fraction of sp³-hybridized carbons (Fsp3) is 0.364. The quantitative estimate of drug-likeness (QED) is 0.476.